The third-order valence-corrected chi connectivity index (χ3v) is 17.3. The number of hydrogen-bond acceptors (Lipinski definition) is 5. The second-order valence-corrected chi connectivity index (χ2v) is 28.6. The summed E-state index contributed by atoms with van der Waals surface area (Å²) in [6, 6.07) is 32.7. The molecule has 9 aromatic rings. The number of benzene rings is 4. The van der Waals surface area contributed by atoms with E-state index in [-0.39, 0.29) is 36.6 Å². The van der Waals surface area contributed by atoms with Gasteiger partial charge in [0, 0.05) is 72.2 Å². The van der Waals surface area contributed by atoms with Crippen LogP contribution in [-0.2, 0) is 38.5 Å². The number of aryl methyl sites for hydroxylation is 3. The van der Waals surface area contributed by atoms with Crippen LogP contribution in [0.3, 0.4) is 0 Å². The van der Waals surface area contributed by atoms with Crippen LogP contribution in [0.4, 0.5) is 4.39 Å². The molecule has 0 amide bonds. The van der Waals surface area contributed by atoms with Crippen molar-refractivity contribution in [3.8, 4) is 22.6 Å². The van der Waals surface area contributed by atoms with Crippen molar-refractivity contribution < 1.29 is 34.4 Å². The monoisotopic (exact) mass is 1190 g/mol. The molecule has 0 aliphatic heterocycles. The van der Waals surface area contributed by atoms with Crippen LogP contribution in [0.15, 0.2) is 89.5 Å². The maximum absolute atomic E-state index is 14.7. The molecule has 1 unspecified atom stereocenters. The molecule has 1 fully saturated rings. The van der Waals surface area contributed by atoms with Crippen LogP contribution in [0.5, 0.6) is 0 Å². The molecule has 9 heteroatoms. The van der Waals surface area contributed by atoms with E-state index in [4.69, 9.17) is 24.9 Å². The Hall–Kier alpha value is -5.34. The van der Waals surface area contributed by atoms with E-state index in [0.29, 0.717) is 35.1 Å². The Bertz CT molecular complexity index is 3640. The van der Waals surface area contributed by atoms with Crippen LogP contribution >= 0.6 is 0 Å². The first-order valence-corrected chi connectivity index (χ1v) is 30.0. The van der Waals surface area contributed by atoms with Crippen LogP contribution in [-0.4, -0.2) is 32.6 Å². The predicted molar refractivity (Wildman–Crippen MR) is 307 cm³/mol. The topological polar surface area (TPSA) is 69.6 Å². The van der Waals surface area contributed by atoms with E-state index in [1.165, 1.54) is 60.1 Å². The molecule has 1 aliphatic carbocycles. The molecule has 5 aromatic heterocycles. The Balaban J connectivity index is 0.000000261. The molecule has 4 aromatic carbocycles. The van der Waals surface area contributed by atoms with Crippen molar-refractivity contribution in [1.29, 1.82) is 0 Å². The molecule has 6 nitrogen and oxygen atoms in total. The van der Waals surface area contributed by atoms with Crippen molar-refractivity contribution in [2.75, 3.05) is 0 Å². The van der Waals surface area contributed by atoms with Crippen LogP contribution < -0.4 is 5.19 Å². The van der Waals surface area contributed by atoms with Crippen LogP contribution in [0.25, 0.3) is 66.7 Å². The van der Waals surface area contributed by atoms with Crippen molar-refractivity contribution in [2.24, 2.45) is 5.92 Å². The minimum atomic E-state index is -2.54. The second kappa shape index (κ2) is 21.7. The van der Waals surface area contributed by atoms with E-state index in [9.17, 15) is 4.39 Å². The quantitative estimate of drug-likeness (QED) is 0.0953. The third kappa shape index (κ3) is 10.9. The number of furan rings is 1. The average Bonchev–Trinajstić information content (AvgIpc) is 4.17. The Morgan fingerprint density at radius 3 is 2.15 bits per heavy atom. The molecule has 0 spiro atoms. The van der Waals surface area contributed by atoms with Crippen molar-refractivity contribution >= 4 is 57.3 Å². The van der Waals surface area contributed by atoms with Gasteiger partial charge in [0.1, 0.15) is 0 Å². The summed E-state index contributed by atoms with van der Waals surface area (Å²) in [5.41, 5.74) is 14.1. The van der Waals surface area contributed by atoms with Crippen LogP contribution in [0.2, 0.25) is 19.6 Å². The van der Waals surface area contributed by atoms with Gasteiger partial charge in [0.2, 0.25) is 5.71 Å². The summed E-state index contributed by atoms with van der Waals surface area (Å²) in [5, 5.41) is 4.25. The van der Waals surface area contributed by atoms with Gasteiger partial charge < -0.3 is 14.0 Å². The van der Waals surface area contributed by atoms with E-state index in [1.807, 2.05) is 6.07 Å². The summed E-state index contributed by atoms with van der Waals surface area (Å²) >= 11 is 0. The number of halogens is 1. The summed E-state index contributed by atoms with van der Waals surface area (Å²) in [5.74, 6) is 1.09. The van der Waals surface area contributed by atoms with E-state index >= 15 is 0 Å². The van der Waals surface area contributed by atoms with E-state index < -0.39 is 26.6 Å². The zero-order chi connectivity index (χ0) is 55.7. The zero-order valence-corrected chi connectivity index (χ0v) is 49.4. The first-order valence-electron chi connectivity index (χ1n) is 28.5. The number of hydrogen-bond donors (Lipinski definition) is 0. The number of nitrogens with zero attached hydrogens (tertiary/aromatic N) is 5. The zero-order valence-electron chi connectivity index (χ0n) is 50.0. The normalized spacial score (nSPS) is 15.1. The summed E-state index contributed by atoms with van der Waals surface area (Å²) in [6.45, 7) is 29.0. The largest absolute Gasteiger partial charge is 0.486 e. The summed E-state index contributed by atoms with van der Waals surface area (Å²) in [4.78, 5) is 20.0. The minimum Gasteiger partial charge on any atom is -0.486 e. The van der Waals surface area contributed by atoms with Gasteiger partial charge in [-0.25, -0.2) is 4.98 Å². The molecule has 1 aliphatic rings. The van der Waals surface area contributed by atoms with Gasteiger partial charge in [-0.3, -0.25) is 14.4 Å². The summed E-state index contributed by atoms with van der Waals surface area (Å²) in [7, 11) is -1.74. The van der Waals surface area contributed by atoms with Gasteiger partial charge in [-0.1, -0.05) is 167 Å². The van der Waals surface area contributed by atoms with Gasteiger partial charge in [0.15, 0.2) is 0 Å². The average molecular weight is 1190 g/mol. The molecule has 74 heavy (non-hydrogen) atoms. The van der Waals surface area contributed by atoms with Gasteiger partial charge in [-0.05, 0) is 113 Å². The number of pyridine rings is 3. The fourth-order valence-electron chi connectivity index (χ4n) is 11.0. The maximum Gasteiger partial charge on any atom is 0.216 e. The van der Waals surface area contributed by atoms with Gasteiger partial charge in [0.25, 0.3) is 0 Å². The van der Waals surface area contributed by atoms with Crippen LogP contribution in [0, 0.1) is 37.6 Å². The second-order valence-electron chi connectivity index (χ2n) is 23.6. The minimum absolute atomic E-state index is 0. The molecule has 0 bridgehead atoms. The smallest absolute Gasteiger partial charge is 0.216 e. The van der Waals surface area contributed by atoms with Gasteiger partial charge in [-0.2, -0.15) is 0 Å². The van der Waals surface area contributed by atoms with Crippen molar-refractivity contribution in [3.63, 3.8) is 0 Å². The van der Waals surface area contributed by atoms with Gasteiger partial charge in [0.05, 0.1) is 36.0 Å². The fourth-order valence-corrected chi connectivity index (χ4v) is 12.6. The predicted octanol–water partition coefficient (Wildman–Crippen LogP) is 17.4. The fraction of sp³-hybridized carbons (Fsp3) is 0.415. The van der Waals surface area contributed by atoms with Gasteiger partial charge in [-0.15, -0.1) is 36.4 Å². The van der Waals surface area contributed by atoms with Gasteiger partial charge >= 0.3 is 0 Å². The molecule has 1 saturated carbocycles. The van der Waals surface area contributed by atoms with E-state index in [2.05, 4.69) is 158 Å². The molecular formula is C65H76FIrN5OSi-2. The first kappa shape index (κ1) is 49.5. The molecule has 0 N–H and O–H groups in total. The van der Waals surface area contributed by atoms with Crippen molar-refractivity contribution in [1.82, 2.24) is 24.5 Å². The molecule has 1 radical (unpaired) electrons. The van der Waals surface area contributed by atoms with E-state index in [1.54, 1.807) is 26.1 Å². The third-order valence-electron chi connectivity index (χ3n) is 15.3. The Morgan fingerprint density at radius 1 is 0.824 bits per heavy atom. The number of fused-ring (bicyclic) bond motifs is 6. The molecule has 0 saturated heterocycles. The SMILES string of the molecule is Cc1ccc2ccc3nc(-c4[c-]ccc5c4oc4nc(C(C)C6CCCC6)ccc45)n(CCc4c(C(C)C)cc(C(C)(C)C)cc4C(C)C)c3c2n1.[2H]C([2H])([2H])c1cc[c-]c(-c2cc(C([2H])(C)C)c([Si](C)(C)C)cn2)c1F.[Ir]. The van der Waals surface area contributed by atoms with Crippen molar-refractivity contribution in [3.05, 3.63) is 148 Å². The first-order chi connectivity index (χ1) is 36.1. The standard InChI is InChI=1S/C47H53N4O.C18H23FNSi.Ir/c1-27(2)38-25-33(47(7,8)9)26-39(28(3)4)34(38)23-24-51-43-41(21-19-32-18-17-29(5)48-42(32)43)49-45(51)37-16-12-15-35-36-20-22-40(50-46(36)52-44(35)37)30(6)31-13-10-11-14-31;1-12(2)15-10-16(20-11-17(15)21(4,5)6)14-9-7-8-13(3)18(14)19;/h12,15,17-22,25-28,30-31H,10-11,13-14,23-24H2,1-9H3;7-8,10-12H,1-6H3;/q2*-1;/i;3D3,12D;. The summed E-state index contributed by atoms with van der Waals surface area (Å²) in [6.07, 6.45) is 7.82. The van der Waals surface area contributed by atoms with Crippen LogP contribution in [0.1, 0.15) is 169 Å². The van der Waals surface area contributed by atoms with E-state index in [0.717, 1.165) is 84.8 Å². The molecule has 1 atom stereocenters. The molecule has 5 heterocycles. The maximum atomic E-state index is 14.7. The Kier molecular flexibility index (Phi) is 14.5. The molecule has 389 valence electrons. The number of aromatic nitrogens is 5. The molecular weight excluding hydrogens is 1110 g/mol. The number of imidazole rings is 1. The Labute approximate surface area is 460 Å². The number of rotatable bonds is 11. The molecule has 10 rings (SSSR count). The summed E-state index contributed by atoms with van der Waals surface area (Å²) < 4.78 is 54.7. The Morgan fingerprint density at radius 2 is 1.50 bits per heavy atom. The van der Waals surface area contributed by atoms with Crippen molar-refractivity contribution in [2.45, 2.75) is 170 Å².